The molecule has 0 bridgehead atoms. The van der Waals surface area contributed by atoms with Gasteiger partial charge in [-0.1, -0.05) is 12.1 Å². The maximum atomic E-state index is 13.9. The van der Waals surface area contributed by atoms with Crippen molar-refractivity contribution in [2.24, 2.45) is 0 Å². The lowest BCUT2D eigenvalue weighted by atomic mass is 10.1. The van der Waals surface area contributed by atoms with Gasteiger partial charge in [-0.15, -0.1) is 0 Å². The average molecular weight is 445 g/mol. The van der Waals surface area contributed by atoms with Gasteiger partial charge in [0, 0.05) is 36.9 Å². The van der Waals surface area contributed by atoms with Crippen LogP contribution in [0.25, 0.3) is 16.7 Å². The molecule has 2 heterocycles. The van der Waals surface area contributed by atoms with Gasteiger partial charge in [0.15, 0.2) is 6.10 Å². The highest BCUT2D eigenvalue weighted by molar-refractivity contribution is 5.79. The molecule has 0 saturated carbocycles. The number of hydrogen-bond donors (Lipinski definition) is 1. The van der Waals surface area contributed by atoms with Crippen molar-refractivity contribution in [2.45, 2.75) is 33.4 Å². The summed E-state index contributed by atoms with van der Waals surface area (Å²) in [5, 5.41) is 3.45. The number of fused-ring (bicyclic) bond motifs is 2. The van der Waals surface area contributed by atoms with Crippen molar-refractivity contribution in [2.75, 3.05) is 11.9 Å². The minimum Gasteiger partial charge on any atom is -0.489 e. The third-order valence-corrected chi connectivity index (χ3v) is 5.98. The maximum absolute atomic E-state index is 13.9. The second kappa shape index (κ2) is 8.24. The molecule has 4 aromatic rings. The van der Waals surface area contributed by atoms with Gasteiger partial charge in [-0.2, -0.15) is 0 Å². The van der Waals surface area contributed by atoms with Crippen LogP contribution in [0.1, 0.15) is 35.5 Å². The van der Waals surface area contributed by atoms with Crippen LogP contribution in [0.2, 0.25) is 0 Å². The summed E-state index contributed by atoms with van der Waals surface area (Å²) in [5.74, 6) is 0.924. The van der Waals surface area contributed by atoms with E-state index in [1.54, 1.807) is 6.07 Å². The van der Waals surface area contributed by atoms with Gasteiger partial charge in [0.2, 0.25) is 0 Å². The van der Waals surface area contributed by atoms with E-state index in [-0.39, 0.29) is 17.9 Å². The number of nitrogens with zero attached hydrogens (tertiary/aromatic N) is 2. The molecule has 5 rings (SSSR count). The highest BCUT2D eigenvalue weighted by Gasteiger charge is 2.26. The molecule has 7 heteroatoms. The van der Waals surface area contributed by atoms with Gasteiger partial charge in [0.05, 0.1) is 16.7 Å². The van der Waals surface area contributed by atoms with Gasteiger partial charge >= 0.3 is 5.97 Å². The van der Waals surface area contributed by atoms with Crippen LogP contribution in [0.5, 0.6) is 5.75 Å². The molecular weight excluding hydrogens is 421 g/mol. The Morgan fingerprint density at radius 3 is 2.88 bits per heavy atom. The molecule has 1 aromatic heterocycles. The van der Waals surface area contributed by atoms with Crippen molar-refractivity contribution in [3.8, 4) is 11.4 Å². The highest BCUT2D eigenvalue weighted by Crippen LogP contribution is 2.37. The molecule has 1 N–H and O–H groups in total. The van der Waals surface area contributed by atoms with E-state index >= 15 is 0 Å². The second-order valence-corrected chi connectivity index (χ2v) is 8.20. The number of aromatic nitrogens is 2. The summed E-state index contributed by atoms with van der Waals surface area (Å²) in [6.07, 6.45) is -0.358. The van der Waals surface area contributed by atoms with E-state index in [1.807, 2.05) is 41.8 Å². The molecule has 6 nitrogen and oxygen atoms in total. The number of anilines is 1. The molecule has 1 aliphatic heterocycles. The van der Waals surface area contributed by atoms with Crippen LogP contribution in [0.15, 0.2) is 54.6 Å². The molecule has 0 spiro atoms. The molecule has 3 aromatic carbocycles. The first-order chi connectivity index (χ1) is 15.9. The minimum absolute atomic E-state index is 0.283. The van der Waals surface area contributed by atoms with Crippen LogP contribution in [0, 0.1) is 19.7 Å². The van der Waals surface area contributed by atoms with E-state index < -0.39 is 0 Å². The summed E-state index contributed by atoms with van der Waals surface area (Å²) in [7, 11) is 0. The number of rotatable bonds is 5. The number of halogens is 1. The van der Waals surface area contributed by atoms with E-state index in [9.17, 15) is 9.18 Å². The Bertz CT molecular complexity index is 1380. The van der Waals surface area contributed by atoms with E-state index in [0.29, 0.717) is 13.2 Å². The van der Waals surface area contributed by atoms with Crippen molar-refractivity contribution in [1.82, 2.24) is 9.55 Å². The molecule has 0 saturated heterocycles. The lowest BCUT2D eigenvalue weighted by Crippen LogP contribution is -2.09. The van der Waals surface area contributed by atoms with Gasteiger partial charge in [-0.3, -0.25) is 9.36 Å². The Kier molecular flexibility index (Phi) is 5.24. The number of nitrogens with one attached hydrogen (secondary N) is 1. The zero-order valence-electron chi connectivity index (χ0n) is 18.7. The van der Waals surface area contributed by atoms with Gasteiger partial charge in [0.25, 0.3) is 0 Å². The SMILES string of the molecule is CC(=O)O[C@@H]1COc2cc(NCc3cccc(-n4c(C)nc5ccc(F)cc54)c3C)ccc21. The van der Waals surface area contributed by atoms with Gasteiger partial charge in [0.1, 0.15) is 24.0 Å². The number of hydrogen-bond acceptors (Lipinski definition) is 5. The molecule has 0 fully saturated rings. The molecule has 33 heavy (non-hydrogen) atoms. The van der Waals surface area contributed by atoms with Crippen molar-refractivity contribution < 1.29 is 18.7 Å². The Morgan fingerprint density at radius 2 is 2.06 bits per heavy atom. The smallest absolute Gasteiger partial charge is 0.303 e. The monoisotopic (exact) mass is 445 g/mol. The molecule has 1 atom stereocenters. The van der Waals surface area contributed by atoms with E-state index in [0.717, 1.165) is 50.7 Å². The van der Waals surface area contributed by atoms with Crippen molar-refractivity contribution in [3.63, 3.8) is 0 Å². The molecule has 0 unspecified atom stereocenters. The number of imidazole rings is 1. The highest BCUT2D eigenvalue weighted by atomic mass is 19.1. The number of esters is 1. The topological polar surface area (TPSA) is 65.4 Å². The first kappa shape index (κ1) is 21.0. The lowest BCUT2D eigenvalue weighted by molar-refractivity contribution is -0.147. The van der Waals surface area contributed by atoms with Crippen LogP contribution >= 0.6 is 0 Å². The van der Waals surface area contributed by atoms with Crippen LogP contribution < -0.4 is 10.1 Å². The fourth-order valence-corrected chi connectivity index (χ4v) is 4.36. The van der Waals surface area contributed by atoms with Crippen LogP contribution in [-0.4, -0.2) is 22.1 Å². The van der Waals surface area contributed by atoms with E-state index in [2.05, 4.69) is 23.3 Å². The average Bonchev–Trinajstić information content (AvgIpc) is 3.32. The summed E-state index contributed by atoms with van der Waals surface area (Å²) >= 11 is 0. The molecular formula is C26H24FN3O3. The molecule has 168 valence electrons. The van der Waals surface area contributed by atoms with Crippen LogP contribution in [0.4, 0.5) is 10.1 Å². The van der Waals surface area contributed by atoms with Crippen LogP contribution in [-0.2, 0) is 16.1 Å². The lowest BCUT2D eigenvalue weighted by Gasteiger charge is -2.16. The maximum Gasteiger partial charge on any atom is 0.303 e. The number of ether oxygens (including phenoxy) is 2. The predicted molar refractivity (Wildman–Crippen MR) is 124 cm³/mol. The Morgan fingerprint density at radius 1 is 1.21 bits per heavy atom. The summed E-state index contributed by atoms with van der Waals surface area (Å²) in [4.78, 5) is 15.9. The Labute approximate surface area is 191 Å². The quantitative estimate of drug-likeness (QED) is 0.417. The van der Waals surface area contributed by atoms with Crippen LogP contribution in [0.3, 0.4) is 0 Å². The minimum atomic E-state index is -0.358. The largest absolute Gasteiger partial charge is 0.489 e. The molecule has 0 aliphatic carbocycles. The fourth-order valence-electron chi connectivity index (χ4n) is 4.36. The summed E-state index contributed by atoms with van der Waals surface area (Å²) in [5.41, 5.74) is 6.48. The zero-order chi connectivity index (χ0) is 23.1. The number of aryl methyl sites for hydroxylation is 1. The van der Waals surface area contributed by atoms with Crippen molar-refractivity contribution in [3.05, 3.63) is 82.9 Å². The standard InChI is InChI=1S/C26H24FN3O3/c1-15-18(13-28-20-8-9-21-25(12-20)32-14-26(21)33-17(3)31)5-4-6-23(15)30-16(2)29-22-10-7-19(27)11-24(22)30/h4-12,26,28H,13-14H2,1-3H3/t26-/m1/s1. The molecule has 0 radical (unpaired) electrons. The van der Waals surface area contributed by atoms with Crippen molar-refractivity contribution >= 4 is 22.7 Å². The second-order valence-electron chi connectivity index (χ2n) is 8.20. The third-order valence-electron chi connectivity index (χ3n) is 5.98. The summed E-state index contributed by atoms with van der Waals surface area (Å²) in [6, 6.07) is 16.6. The normalized spacial score (nSPS) is 14.7. The van der Waals surface area contributed by atoms with Gasteiger partial charge in [-0.25, -0.2) is 9.37 Å². The number of carbonyl (C=O) groups excluding carboxylic acids is 1. The Hall–Kier alpha value is -3.87. The van der Waals surface area contributed by atoms with Crippen molar-refractivity contribution in [1.29, 1.82) is 0 Å². The van der Waals surface area contributed by atoms with E-state index in [4.69, 9.17) is 9.47 Å². The summed E-state index contributed by atoms with van der Waals surface area (Å²) < 4.78 is 26.9. The molecule has 1 aliphatic rings. The van der Waals surface area contributed by atoms with Gasteiger partial charge in [-0.05, 0) is 55.3 Å². The first-order valence-electron chi connectivity index (χ1n) is 10.8. The first-order valence-corrected chi connectivity index (χ1v) is 10.8. The van der Waals surface area contributed by atoms with E-state index in [1.165, 1.54) is 19.1 Å². The van der Waals surface area contributed by atoms with Gasteiger partial charge < -0.3 is 14.8 Å². The zero-order valence-corrected chi connectivity index (χ0v) is 18.7. The Balaban J connectivity index is 1.40. The number of carbonyl (C=O) groups is 1. The summed E-state index contributed by atoms with van der Waals surface area (Å²) in [6.45, 7) is 6.32. The predicted octanol–water partition coefficient (Wildman–Crippen LogP) is 5.39. The molecule has 0 amide bonds. The third kappa shape index (κ3) is 3.91. The number of benzene rings is 3. The fraction of sp³-hybridized carbons (Fsp3) is 0.231.